The van der Waals surface area contributed by atoms with Crippen molar-refractivity contribution in [3.05, 3.63) is 30.2 Å². The first-order chi connectivity index (χ1) is 10.0. The highest BCUT2D eigenvalue weighted by molar-refractivity contribution is 6.01. The van der Waals surface area contributed by atoms with E-state index in [0.717, 1.165) is 0 Å². The molecular weight excluding hydrogens is 270 g/mol. The maximum absolute atomic E-state index is 12.2. The zero-order valence-electron chi connectivity index (χ0n) is 12.8. The summed E-state index contributed by atoms with van der Waals surface area (Å²) in [5, 5.41) is 7.08. The third-order valence-corrected chi connectivity index (χ3v) is 3.35. The molecule has 1 unspecified atom stereocenters. The minimum atomic E-state index is -0.321. The summed E-state index contributed by atoms with van der Waals surface area (Å²) in [6.45, 7) is 8.63. The molecule has 0 spiro atoms. The smallest absolute Gasteiger partial charge is 0.292 e. The molecule has 21 heavy (non-hydrogen) atoms. The molecule has 1 N–H and O–H groups in total. The molecule has 0 aromatic carbocycles. The zero-order valence-corrected chi connectivity index (χ0v) is 12.8. The number of rotatable bonds is 6. The van der Waals surface area contributed by atoms with Gasteiger partial charge < -0.3 is 14.5 Å². The summed E-state index contributed by atoms with van der Waals surface area (Å²) < 4.78 is 12.3. The van der Waals surface area contributed by atoms with Crippen molar-refractivity contribution in [2.45, 2.75) is 33.7 Å². The second-order valence-corrected chi connectivity index (χ2v) is 5.15. The second kappa shape index (κ2) is 6.47. The topological polar surface area (TPSA) is 69.3 Å². The number of aromatic nitrogens is 2. The van der Waals surface area contributed by atoms with Crippen molar-refractivity contribution in [3.8, 4) is 5.95 Å². The Bertz CT molecular complexity index is 601. The highest BCUT2D eigenvalue weighted by atomic mass is 16.6. The molecule has 114 valence electrons. The number of amides is 1. The fourth-order valence-corrected chi connectivity index (χ4v) is 1.86. The van der Waals surface area contributed by atoms with Crippen LogP contribution in [0.4, 0.5) is 5.82 Å². The summed E-state index contributed by atoms with van der Waals surface area (Å²) in [4.78, 5) is 12.2. The van der Waals surface area contributed by atoms with E-state index in [2.05, 4.69) is 31.2 Å². The van der Waals surface area contributed by atoms with E-state index in [1.807, 2.05) is 6.92 Å². The van der Waals surface area contributed by atoms with Crippen LogP contribution in [0, 0.1) is 5.92 Å². The molecule has 6 heteroatoms. The van der Waals surface area contributed by atoms with Gasteiger partial charge in [-0.25, -0.2) is 4.68 Å². The van der Waals surface area contributed by atoms with Crippen LogP contribution >= 0.6 is 0 Å². The van der Waals surface area contributed by atoms with E-state index >= 15 is 0 Å². The maximum Gasteiger partial charge on any atom is 0.292 e. The summed E-state index contributed by atoms with van der Waals surface area (Å²) >= 11 is 0. The number of anilines is 1. The molecule has 0 aliphatic carbocycles. The van der Waals surface area contributed by atoms with Crippen molar-refractivity contribution in [1.82, 2.24) is 9.78 Å². The van der Waals surface area contributed by atoms with Gasteiger partial charge in [-0.1, -0.05) is 13.8 Å². The number of furan rings is 1. The molecule has 0 radical (unpaired) electrons. The molecule has 0 aliphatic heterocycles. The first-order valence-electron chi connectivity index (χ1n) is 7.10. The Kier molecular flexibility index (Phi) is 4.67. The number of hydrogen-bond donors (Lipinski definition) is 1. The van der Waals surface area contributed by atoms with Crippen LogP contribution in [0.15, 0.2) is 28.8 Å². The molecule has 0 saturated heterocycles. The zero-order chi connectivity index (χ0) is 15.4. The molecule has 0 fully saturated rings. The van der Waals surface area contributed by atoms with Crippen LogP contribution in [0.3, 0.4) is 0 Å². The molecule has 2 rings (SSSR count). The van der Waals surface area contributed by atoms with Gasteiger partial charge in [0.1, 0.15) is 5.82 Å². The number of hydrogen-bond acceptors (Lipinski definition) is 4. The molecule has 0 aliphatic rings. The van der Waals surface area contributed by atoms with Crippen molar-refractivity contribution in [2.24, 2.45) is 5.92 Å². The lowest BCUT2D eigenvalue weighted by molar-refractivity contribution is 0.0987. The number of nitrogens with one attached hydrogen (secondary N) is 1. The van der Waals surface area contributed by atoms with Crippen LogP contribution in [-0.2, 0) is 0 Å². The average molecular weight is 291 g/mol. The molecule has 2 heterocycles. The minimum absolute atomic E-state index is 0.186. The van der Waals surface area contributed by atoms with Gasteiger partial charge in [-0.3, -0.25) is 4.79 Å². The third kappa shape index (κ3) is 3.45. The van der Waals surface area contributed by atoms with Gasteiger partial charge in [-0.05, 0) is 25.8 Å². The van der Waals surface area contributed by atoms with E-state index in [4.69, 9.17) is 9.15 Å². The van der Waals surface area contributed by atoms with Crippen molar-refractivity contribution >= 4 is 11.7 Å². The Labute approximate surface area is 124 Å². The predicted octanol–water partition coefficient (Wildman–Crippen LogP) is 3.34. The summed E-state index contributed by atoms with van der Waals surface area (Å²) in [7, 11) is 0. The fraction of sp³-hybridized carbons (Fsp3) is 0.467. The number of nitrogens with zero attached hydrogens (tertiary/aromatic N) is 2. The molecular formula is C15H21N3O3. The van der Waals surface area contributed by atoms with Crippen molar-refractivity contribution in [3.63, 3.8) is 0 Å². The van der Waals surface area contributed by atoms with Gasteiger partial charge >= 0.3 is 0 Å². The van der Waals surface area contributed by atoms with E-state index < -0.39 is 0 Å². The van der Waals surface area contributed by atoms with E-state index in [1.165, 1.54) is 0 Å². The maximum atomic E-state index is 12.2. The van der Waals surface area contributed by atoms with E-state index in [-0.39, 0.29) is 17.7 Å². The molecule has 0 bridgehead atoms. The van der Waals surface area contributed by atoms with Crippen LogP contribution in [-0.4, -0.2) is 22.3 Å². The van der Waals surface area contributed by atoms with Crippen LogP contribution < -0.4 is 10.1 Å². The van der Waals surface area contributed by atoms with E-state index in [0.29, 0.717) is 24.3 Å². The number of carbonyl (C=O) groups excluding carboxylic acids is 1. The first-order valence-corrected chi connectivity index (χ1v) is 7.10. The lowest BCUT2D eigenvalue weighted by Crippen LogP contribution is -2.19. The van der Waals surface area contributed by atoms with Gasteiger partial charge in [0.15, 0.2) is 5.76 Å². The van der Waals surface area contributed by atoms with Gasteiger partial charge in [-0.2, -0.15) is 5.10 Å². The lowest BCUT2D eigenvalue weighted by atomic mass is 10.1. The number of carbonyl (C=O) groups is 1. The minimum Gasteiger partial charge on any atom is -0.465 e. The van der Waals surface area contributed by atoms with Gasteiger partial charge in [0.25, 0.3) is 11.9 Å². The second-order valence-electron chi connectivity index (χ2n) is 5.15. The van der Waals surface area contributed by atoms with Gasteiger partial charge in [0, 0.05) is 12.1 Å². The van der Waals surface area contributed by atoms with Crippen molar-refractivity contribution < 1.29 is 13.9 Å². The Morgan fingerprint density at radius 1 is 1.38 bits per heavy atom. The van der Waals surface area contributed by atoms with E-state index in [1.54, 1.807) is 29.1 Å². The van der Waals surface area contributed by atoms with Crippen LogP contribution in [0.2, 0.25) is 0 Å². The summed E-state index contributed by atoms with van der Waals surface area (Å²) in [5.74, 6) is 1.29. The predicted molar refractivity (Wildman–Crippen MR) is 79.6 cm³/mol. The largest absolute Gasteiger partial charge is 0.465 e. The summed E-state index contributed by atoms with van der Waals surface area (Å²) in [6.07, 6.45) is 1.67. The van der Waals surface area contributed by atoms with Gasteiger partial charge in [0.2, 0.25) is 0 Å². The standard InChI is InChI=1S/C15H21N3O3/c1-5-20-14-7-6-12(21-14)15(19)17-13-8-9-16-18(13)11(4)10(2)3/h6-11H,5H2,1-4H3,(H,17,19). The highest BCUT2D eigenvalue weighted by Crippen LogP contribution is 2.22. The Hall–Kier alpha value is -2.24. The normalized spacial score (nSPS) is 12.4. The van der Waals surface area contributed by atoms with Gasteiger partial charge in [0.05, 0.1) is 18.8 Å². The molecule has 1 atom stereocenters. The van der Waals surface area contributed by atoms with Crippen molar-refractivity contribution in [2.75, 3.05) is 11.9 Å². The first kappa shape index (κ1) is 15.2. The average Bonchev–Trinajstić information content (AvgIpc) is 3.07. The Morgan fingerprint density at radius 3 is 2.81 bits per heavy atom. The van der Waals surface area contributed by atoms with Gasteiger partial charge in [-0.15, -0.1) is 0 Å². The van der Waals surface area contributed by atoms with Crippen LogP contribution in [0.5, 0.6) is 5.95 Å². The molecule has 2 aromatic rings. The van der Waals surface area contributed by atoms with E-state index in [9.17, 15) is 4.79 Å². The third-order valence-electron chi connectivity index (χ3n) is 3.35. The molecule has 0 saturated carbocycles. The monoisotopic (exact) mass is 291 g/mol. The molecule has 6 nitrogen and oxygen atoms in total. The van der Waals surface area contributed by atoms with Crippen molar-refractivity contribution in [1.29, 1.82) is 0 Å². The summed E-state index contributed by atoms with van der Waals surface area (Å²) in [6, 6.07) is 5.17. The quantitative estimate of drug-likeness (QED) is 0.886. The Balaban J connectivity index is 2.11. The Morgan fingerprint density at radius 2 is 2.14 bits per heavy atom. The lowest BCUT2D eigenvalue weighted by Gasteiger charge is -2.19. The summed E-state index contributed by atoms with van der Waals surface area (Å²) in [5.41, 5.74) is 0. The fourth-order valence-electron chi connectivity index (χ4n) is 1.86. The van der Waals surface area contributed by atoms with Crippen LogP contribution in [0.25, 0.3) is 0 Å². The molecule has 2 aromatic heterocycles. The van der Waals surface area contributed by atoms with Crippen LogP contribution in [0.1, 0.15) is 44.3 Å². The molecule has 1 amide bonds. The number of ether oxygens (including phenoxy) is 1. The highest BCUT2D eigenvalue weighted by Gasteiger charge is 2.17. The SMILES string of the molecule is CCOc1ccc(C(=O)Nc2ccnn2C(C)C(C)C)o1.